The summed E-state index contributed by atoms with van der Waals surface area (Å²) in [6.45, 7) is 6.50. The van der Waals surface area contributed by atoms with Gasteiger partial charge < -0.3 is 15.7 Å². The largest absolute Gasteiger partial charge is 0.508 e. The van der Waals surface area contributed by atoms with E-state index in [9.17, 15) is 9.90 Å². The number of allylic oxidation sites excluding steroid dienone is 2. The summed E-state index contributed by atoms with van der Waals surface area (Å²) in [6, 6.07) is 25.9. The van der Waals surface area contributed by atoms with Crippen molar-refractivity contribution in [1.82, 2.24) is 0 Å². The van der Waals surface area contributed by atoms with Crippen LogP contribution < -0.4 is 10.6 Å². The lowest BCUT2D eigenvalue weighted by Gasteiger charge is -2.38. The highest BCUT2D eigenvalue weighted by molar-refractivity contribution is 6.04. The Balaban J connectivity index is 1.30. The van der Waals surface area contributed by atoms with E-state index in [2.05, 4.69) is 61.8 Å². The predicted octanol–water partition coefficient (Wildman–Crippen LogP) is 7.92. The third-order valence-corrected chi connectivity index (χ3v) is 7.89. The van der Waals surface area contributed by atoms with Gasteiger partial charge in [-0.05, 0) is 76.1 Å². The van der Waals surface area contributed by atoms with Gasteiger partial charge in [0, 0.05) is 28.4 Å². The summed E-state index contributed by atoms with van der Waals surface area (Å²) in [7, 11) is 0. The molecule has 3 atom stereocenters. The number of nitrogens with one attached hydrogen (secondary N) is 2. The van der Waals surface area contributed by atoms with Crippen molar-refractivity contribution < 1.29 is 9.90 Å². The van der Waals surface area contributed by atoms with E-state index in [1.165, 1.54) is 11.1 Å². The Labute approximate surface area is 218 Å². The number of aromatic hydroxyl groups is 1. The molecule has 0 bridgehead atoms. The van der Waals surface area contributed by atoms with Crippen LogP contribution in [0.2, 0.25) is 0 Å². The van der Waals surface area contributed by atoms with Crippen LogP contribution in [0.15, 0.2) is 91.0 Å². The lowest BCUT2D eigenvalue weighted by atomic mass is 9.76. The number of rotatable bonds is 3. The smallest absolute Gasteiger partial charge is 0.255 e. The molecule has 37 heavy (non-hydrogen) atoms. The fraction of sp³-hybridized carbons (Fsp3) is 0.242. The molecule has 4 heteroatoms. The van der Waals surface area contributed by atoms with Crippen molar-refractivity contribution in [2.24, 2.45) is 5.92 Å². The highest BCUT2D eigenvalue weighted by Gasteiger charge is 2.39. The number of benzene rings is 4. The van der Waals surface area contributed by atoms with Crippen LogP contribution >= 0.6 is 0 Å². The second-order valence-corrected chi connectivity index (χ2v) is 11.3. The topological polar surface area (TPSA) is 61.4 Å². The van der Waals surface area contributed by atoms with Gasteiger partial charge in [0.1, 0.15) is 5.75 Å². The third-order valence-electron chi connectivity index (χ3n) is 7.89. The Morgan fingerprint density at radius 1 is 0.973 bits per heavy atom. The zero-order valence-corrected chi connectivity index (χ0v) is 21.5. The molecule has 1 aliphatic heterocycles. The van der Waals surface area contributed by atoms with Crippen LogP contribution in [0.1, 0.15) is 66.2 Å². The van der Waals surface area contributed by atoms with Crippen LogP contribution in [-0.2, 0) is 5.41 Å². The average Bonchev–Trinajstić information content (AvgIpc) is 3.39. The second-order valence-electron chi connectivity index (χ2n) is 11.3. The van der Waals surface area contributed by atoms with Crippen molar-refractivity contribution in [3.8, 4) is 5.75 Å². The van der Waals surface area contributed by atoms with E-state index in [4.69, 9.17) is 0 Å². The normalized spacial score (nSPS) is 20.2. The lowest BCUT2D eigenvalue weighted by molar-refractivity contribution is 0.102. The van der Waals surface area contributed by atoms with E-state index >= 15 is 0 Å². The second kappa shape index (κ2) is 8.81. The van der Waals surface area contributed by atoms with Gasteiger partial charge in [0.25, 0.3) is 5.91 Å². The van der Waals surface area contributed by atoms with E-state index < -0.39 is 0 Å². The predicted molar refractivity (Wildman–Crippen MR) is 152 cm³/mol. The molecule has 1 aliphatic carbocycles. The molecule has 3 N–H and O–H groups in total. The summed E-state index contributed by atoms with van der Waals surface area (Å²) >= 11 is 0. The van der Waals surface area contributed by atoms with Crippen molar-refractivity contribution in [3.63, 3.8) is 0 Å². The maximum absolute atomic E-state index is 13.0. The molecule has 0 aromatic heterocycles. The molecule has 0 fully saturated rings. The molecule has 6 rings (SSSR count). The number of phenolic OH excluding ortho intramolecular Hbond substituents is 1. The van der Waals surface area contributed by atoms with Crippen molar-refractivity contribution in [2.45, 2.75) is 44.6 Å². The molecule has 0 spiro atoms. The molecule has 0 radical (unpaired) electrons. The highest BCUT2D eigenvalue weighted by atomic mass is 16.3. The summed E-state index contributed by atoms with van der Waals surface area (Å²) in [4.78, 5) is 13.0. The van der Waals surface area contributed by atoms with E-state index in [0.717, 1.165) is 34.1 Å². The van der Waals surface area contributed by atoms with Gasteiger partial charge in [0.05, 0.1) is 6.04 Å². The van der Waals surface area contributed by atoms with Crippen LogP contribution in [0.25, 0.3) is 10.8 Å². The van der Waals surface area contributed by atoms with E-state index in [-0.39, 0.29) is 29.2 Å². The summed E-state index contributed by atoms with van der Waals surface area (Å²) in [5.74, 6) is 0.704. The first kappa shape index (κ1) is 23.4. The highest BCUT2D eigenvalue weighted by Crippen LogP contribution is 2.52. The van der Waals surface area contributed by atoms with Gasteiger partial charge in [0.2, 0.25) is 0 Å². The van der Waals surface area contributed by atoms with Crippen LogP contribution in [0.3, 0.4) is 0 Å². The number of hydrogen-bond acceptors (Lipinski definition) is 3. The van der Waals surface area contributed by atoms with Crippen molar-refractivity contribution >= 4 is 28.1 Å². The first-order chi connectivity index (χ1) is 17.8. The first-order valence-corrected chi connectivity index (χ1v) is 13.0. The van der Waals surface area contributed by atoms with Crippen LogP contribution in [0, 0.1) is 5.92 Å². The lowest BCUT2D eigenvalue weighted by Crippen LogP contribution is -2.29. The van der Waals surface area contributed by atoms with Gasteiger partial charge in [-0.3, -0.25) is 4.79 Å². The number of carbonyl (C=O) groups is 1. The van der Waals surface area contributed by atoms with E-state index in [1.807, 2.05) is 54.6 Å². The minimum atomic E-state index is -0.110. The van der Waals surface area contributed by atoms with E-state index in [0.29, 0.717) is 11.3 Å². The van der Waals surface area contributed by atoms with Crippen LogP contribution in [-0.4, -0.2) is 11.0 Å². The third kappa shape index (κ3) is 4.17. The number of phenols is 1. The maximum Gasteiger partial charge on any atom is 0.255 e. The monoisotopic (exact) mass is 488 g/mol. The maximum atomic E-state index is 13.0. The molecule has 186 valence electrons. The standard InChI is InChI=1S/C33H32N2O2/c1-33(2,3)22-14-11-21(12-15-22)32(37)34-23-16-17-28-27(19-23)25-9-6-10-26(25)31(35-28)30-24-8-5-4-7-20(24)13-18-29(30)36/h4-9,11-19,25-26,31,35-36H,10H2,1-3H3,(H,34,37). The number of carbonyl (C=O) groups excluding carboxylic acids is 1. The van der Waals surface area contributed by atoms with Gasteiger partial charge in [-0.15, -0.1) is 0 Å². The molecule has 2 aliphatic rings. The number of hydrogen-bond donors (Lipinski definition) is 3. The van der Waals surface area contributed by atoms with Crippen LogP contribution in [0.5, 0.6) is 5.75 Å². The quantitative estimate of drug-likeness (QED) is 0.257. The van der Waals surface area contributed by atoms with Crippen molar-refractivity contribution in [1.29, 1.82) is 0 Å². The summed E-state index contributed by atoms with van der Waals surface area (Å²) in [5, 5.41) is 20.0. The number of anilines is 2. The number of fused-ring (bicyclic) bond motifs is 4. The molecule has 0 saturated carbocycles. The summed E-state index contributed by atoms with van der Waals surface area (Å²) in [6.07, 6.45) is 5.45. The Bertz CT molecular complexity index is 1530. The Morgan fingerprint density at radius 3 is 2.54 bits per heavy atom. The minimum Gasteiger partial charge on any atom is -0.508 e. The Morgan fingerprint density at radius 2 is 1.76 bits per heavy atom. The molecular formula is C33H32N2O2. The zero-order valence-electron chi connectivity index (χ0n) is 21.5. The van der Waals surface area contributed by atoms with Gasteiger partial charge >= 0.3 is 0 Å². The Hall–Kier alpha value is -4.05. The minimum absolute atomic E-state index is 0.0135. The molecule has 4 nitrogen and oxygen atoms in total. The molecule has 0 saturated heterocycles. The van der Waals surface area contributed by atoms with Crippen LogP contribution in [0.4, 0.5) is 11.4 Å². The molecule has 1 heterocycles. The SMILES string of the molecule is CC(C)(C)c1ccc(C(=O)Nc2ccc3c(c2)C2C=CCC2C(c2c(O)ccc4ccccc24)N3)cc1. The zero-order chi connectivity index (χ0) is 25.7. The van der Waals surface area contributed by atoms with E-state index in [1.54, 1.807) is 6.07 Å². The summed E-state index contributed by atoms with van der Waals surface area (Å²) < 4.78 is 0. The van der Waals surface area contributed by atoms with Crippen molar-refractivity contribution in [3.05, 3.63) is 113 Å². The molecule has 1 amide bonds. The van der Waals surface area contributed by atoms with Gasteiger partial charge in [-0.1, -0.05) is 75.4 Å². The summed E-state index contributed by atoms with van der Waals surface area (Å²) in [5.41, 5.74) is 5.86. The number of amides is 1. The fourth-order valence-electron chi connectivity index (χ4n) is 5.89. The molecular weight excluding hydrogens is 456 g/mol. The Kier molecular flexibility index (Phi) is 5.56. The van der Waals surface area contributed by atoms with Gasteiger partial charge in [0.15, 0.2) is 0 Å². The molecule has 4 aromatic carbocycles. The molecule has 3 unspecified atom stereocenters. The van der Waals surface area contributed by atoms with Crippen molar-refractivity contribution in [2.75, 3.05) is 10.6 Å². The van der Waals surface area contributed by atoms with Gasteiger partial charge in [-0.25, -0.2) is 0 Å². The molecule has 4 aromatic rings. The fourth-order valence-corrected chi connectivity index (χ4v) is 5.89. The first-order valence-electron chi connectivity index (χ1n) is 13.0. The average molecular weight is 489 g/mol. The van der Waals surface area contributed by atoms with Gasteiger partial charge in [-0.2, -0.15) is 0 Å².